The van der Waals surface area contributed by atoms with Gasteiger partial charge in [0.15, 0.2) is 0 Å². The SMILES string of the molecule is CCc1c(C(N)=S)nnn1C1CCCC1. The molecule has 0 aromatic carbocycles. The van der Waals surface area contributed by atoms with Crippen LogP contribution in [0.1, 0.15) is 50.0 Å². The third-order valence-electron chi connectivity index (χ3n) is 3.03. The van der Waals surface area contributed by atoms with Gasteiger partial charge in [-0.3, -0.25) is 0 Å². The largest absolute Gasteiger partial charge is 0.388 e. The van der Waals surface area contributed by atoms with E-state index >= 15 is 0 Å². The second-order valence-corrected chi connectivity index (χ2v) is 4.43. The van der Waals surface area contributed by atoms with Gasteiger partial charge < -0.3 is 5.73 Å². The molecular formula is C10H16N4S. The lowest BCUT2D eigenvalue weighted by Crippen LogP contribution is -2.15. The summed E-state index contributed by atoms with van der Waals surface area (Å²) in [7, 11) is 0. The highest BCUT2D eigenvalue weighted by Gasteiger charge is 2.22. The highest BCUT2D eigenvalue weighted by Crippen LogP contribution is 2.30. The first-order valence-corrected chi connectivity index (χ1v) is 5.88. The molecule has 0 spiro atoms. The van der Waals surface area contributed by atoms with Gasteiger partial charge in [-0.05, 0) is 19.3 Å². The topological polar surface area (TPSA) is 56.7 Å². The van der Waals surface area contributed by atoms with Gasteiger partial charge in [0.25, 0.3) is 0 Å². The molecule has 1 fully saturated rings. The van der Waals surface area contributed by atoms with E-state index in [1.807, 2.05) is 4.68 Å². The maximum absolute atomic E-state index is 5.62. The molecule has 4 nitrogen and oxygen atoms in total. The number of hydrogen-bond acceptors (Lipinski definition) is 3. The molecule has 82 valence electrons. The van der Waals surface area contributed by atoms with Crippen molar-refractivity contribution in [3.8, 4) is 0 Å². The van der Waals surface area contributed by atoms with Gasteiger partial charge in [0.05, 0.1) is 11.7 Å². The van der Waals surface area contributed by atoms with Gasteiger partial charge in [-0.15, -0.1) is 5.10 Å². The van der Waals surface area contributed by atoms with Gasteiger partial charge in [-0.25, -0.2) is 4.68 Å². The smallest absolute Gasteiger partial charge is 0.143 e. The van der Waals surface area contributed by atoms with Crippen molar-refractivity contribution in [2.45, 2.75) is 45.1 Å². The van der Waals surface area contributed by atoms with E-state index in [1.54, 1.807) is 0 Å². The second kappa shape index (κ2) is 4.26. The van der Waals surface area contributed by atoms with Crippen LogP contribution in [0.2, 0.25) is 0 Å². The minimum absolute atomic E-state index is 0.357. The molecule has 0 unspecified atom stereocenters. The Morgan fingerprint density at radius 3 is 2.73 bits per heavy atom. The van der Waals surface area contributed by atoms with Crippen molar-refractivity contribution in [2.24, 2.45) is 5.73 Å². The zero-order valence-corrected chi connectivity index (χ0v) is 9.76. The number of nitrogens with two attached hydrogens (primary N) is 1. The molecule has 0 radical (unpaired) electrons. The fourth-order valence-corrected chi connectivity index (χ4v) is 2.43. The maximum atomic E-state index is 5.62. The molecule has 1 heterocycles. The Morgan fingerprint density at radius 1 is 1.53 bits per heavy atom. The number of rotatable bonds is 3. The highest BCUT2D eigenvalue weighted by atomic mass is 32.1. The summed E-state index contributed by atoms with van der Waals surface area (Å²) in [5.41, 5.74) is 7.42. The molecule has 0 saturated heterocycles. The summed E-state index contributed by atoms with van der Waals surface area (Å²) < 4.78 is 2.03. The Labute approximate surface area is 94.8 Å². The zero-order chi connectivity index (χ0) is 10.8. The van der Waals surface area contributed by atoms with Gasteiger partial charge in [0, 0.05) is 0 Å². The van der Waals surface area contributed by atoms with E-state index in [-0.39, 0.29) is 0 Å². The van der Waals surface area contributed by atoms with Crippen molar-refractivity contribution >= 4 is 17.2 Å². The monoisotopic (exact) mass is 224 g/mol. The average Bonchev–Trinajstić information content (AvgIpc) is 2.85. The van der Waals surface area contributed by atoms with Gasteiger partial charge in [-0.2, -0.15) is 0 Å². The summed E-state index contributed by atoms with van der Waals surface area (Å²) in [5, 5.41) is 8.27. The van der Waals surface area contributed by atoms with E-state index in [0.29, 0.717) is 16.7 Å². The Bertz CT molecular complexity index is 365. The molecule has 1 aliphatic carbocycles. The van der Waals surface area contributed by atoms with Crippen LogP contribution in [-0.4, -0.2) is 20.0 Å². The molecule has 1 aromatic heterocycles. The zero-order valence-electron chi connectivity index (χ0n) is 8.94. The molecule has 5 heteroatoms. The summed E-state index contributed by atoms with van der Waals surface area (Å²) in [6, 6.07) is 0.510. The predicted molar refractivity (Wildman–Crippen MR) is 62.8 cm³/mol. The lowest BCUT2D eigenvalue weighted by atomic mass is 10.2. The van der Waals surface area contributed by atoms with Crippen molar-refractivity contribution < 1.29 is 0 Å². The van der Waals surface area contributed by atoms with Crippen molar-refractivity contribution in [1.29, 1.82) is 0 Å². The minimum atomic E-state index is 0.357. The molecular weight excluding hydrogens is 208 g/mol. The average molecular weight is 224 g/mol. The summed E-state index contributed by atoms with van der Waals surface area (Å²) in [6.45, 7) is 2.09. The van der Waals surface area contributed by atoms with Gasteiger partial charge in [0.2, 0.25) is 0 Å². The molecule has 0 aliphatic heterocycles. The van der Waals surface area contributed by atoms with E-state index in [0.717, 1.165) is 12.1 Å². The number of thiocarbonyl (C=S) groups is 1. The summed E-state index contributed by atoms with van der Waals surface area (Å²) >= 11 is 4.97. The molecule has 0 atom stereocenters. The van der Waals surface area contributed by atoms with E-state index in [1.165, 1.54) is 25.7 Å². The third kappa shape index (κ3) is 1.88. The van der Waals surface area contributed by atoms with E-state index in [2.05, 4.69) is 17.2 Å². The van der Waals surface area contributed by atoms with Crippen LogP contribution in [0.4, 0.5) is 0 Å². The van der Waals surface area contributed by atoms with Crippen molar-refractivity contribution in [1.82, 2.24) is 15.0 Å². The third-order valence-corrected chi connectivity index (χ3v) is 3.22. The van der Waals surface area contributed by atoms with Crippen LogP contribution in [-0.2, 0) is 6.42 Å². The molecule has 1 saturated carbocycles. The standard InChI is InChI=1S/C10H16N4S/c1-2-8-9(10(11)15)12-13-14(8)7-5-3-4-6-7/h7H,2-6H2,1H3,(H2,11,15). The van der Waals surface area contributed by atoms with Crippen molar-refractivity contribution in [2.75, 3.05) is 0 Å². The van der Waals surface area contributed by atoms with Gasteiger partial charge in [-0.1, -0.05) is 37.2 Å². The second-order valence-electron chi connectivity index (χ2n) is 3.99. The molecule has 2 rings (SSSR count). The van der Waals surface area contributed by atoms with Crippen LogP contribution < -0.4 is 5.73 Å². The minimum Gasteiger partial charge on any atom is -0.388 e. The quantitative estimate of drug-likeness (QED) is 0.792. The Kier molecular flexibility index (Phi) is 3.00. The highest BCUT2D eigenvalue weighted by molar-refractivity contribution is 7.80. The normalized spacial score (nSPS) is 17.1. The predicted octanol–water partition coefficient (Wildman–Crippen LogP) is 1.59. The number of nitrogens with zero attached hydrogens (tertiary/aromatic N) is 3. The fraction of sp³-hybridized carbons (Fsp3) is 0.700. The maximum Gasteiger partial charge on any atom is 0.143 e. The van der Waals surface area contributed by atoms with Crippen LogP contribution in [0, 0.1) is 0 Å². The van der Waals surface area contributed by atoms with E-state index < -0.39 is 0 Å². The first-order valence-electron chi connectivity index (χ1n) is 5.48. The molecule has 0 bridgehead atoms. The van der Waals surface area contributed by atoms with Crippen molar-refractivity contribution in [3.05, 3.63) is 11.4 Å². The molecule has 15 heavy (non-hydrogen) atoms. The van der Waals surface area contributed by atoms with Crippen molar-refractivity contribution in [3.63, 3.8) is 0 Å². The van der Waals surface area contributed by atoms with Crippen LogP contribution in [0.15, 0.2) is 0 Å². The summed E-state index contributed by atoms with van der Waals surface area (Å²) in [5.74, 6) is 0. The van der Waals surface area contributed by atoms with E-state index in [4.69, 9.17) is 18.0 Å². The van der Waals surface area contributed by atoms with Gasteiger partial charge >= 0.3 is 0 Å². The Balaban J connectivity index is 2.34. The number of aromatic nitrogens is 3. The van der Waals surface area contributed by atoms with E-state index in [9.17, 15) is 0 Å². The summed E-state index contributed by atoms with van der Waals surface area (Å²) in [6.07, 6.45) is 5.86. The lowest BCUT2D eigenvalue weighted by molar-refractivity contribution is 0.440. The fourth-order valence-electron chi connectivity index (χ4n) is 2.28. The lowest BCUT2D eigenvalue weighted by Gasteiger charge is -2.12. The molecule has 1 aliphatic rings. The molecule has 0 amide bonds. The Morgan fingerprint density at radius 2 is 2.20 bits per heavy atom. The van der Waals surface area contributed by atoms with Crippen LogP contribution in [0.3, 0.4) is 0 Å². The Hall–Kier alpha value is -0.970. The molecule has 1 aromatic rings. The first-order chi connectivity index (χ1) is 7.24. The van der Waals surface area contributed by atoms with Crippen LogP contribution >= 0.6 is 12.2 Å². The first kappa shape index (κ1) is 10.5. The van der Waals surface area contributed by atoms with Crippen LogP contribution in [0.5, 0.6) is 0 Å². The number of hydrogen-bond donors (Lipinski definition) is 1. The summed E-state index contributed by atoms with van der Waals surface area (Å²) in [4.78, 5) is 0.357. The van der Waals surface area contributed by atoms with Gasteiger partial charge in [0.1, 0.15) is 10.7 Å². The van der Waals surface area contributed by atoms with Crippen LogP contribution in [0.25, 0.3) is 0 Å². The molecule has 2 N–H and O–H groups in total.